The number of nitrogens with zero attached hydrogens (tertiary/aromatic N) is 2. The molecule has 254 valence electrons. The maximum atomic E-state index is 13.9. The van der Waals surface area contributed by atoms with Crippen LogP contribution in [0.5, 0.6) is 23.0 Å². The van der Waals surface area contributed by atoms with Gasteiger partial charge in [0.15, 0.2) is 0 Å². The molecule has 10 heteroatoms. The van der Waals surface area contributed by atoms with E-state index in [1.165, 1.54) is 0 Å². The average molecular weight is 655 g/mol. The lowest BCUT2D eigenvalue weighted by Gasteiger charge is -2.32. The molecule has 0 unspecified atom stereocenters. The molecule has 0 radical (unpaired) electrons. The molecule has 4 rings (SSSR count). The minimum atomic E-state index is -0.515. The summed E-state index contributed by atoms with van der Waals surface area (Å²) in [6.45, 7) is 1.02. The highest BCUT2D eigenvalue weighted by Crippen LogP contribution is 2.30. The Hall–Kier alpha value is -5.06. The van der Waals surface area contributed by atoms with Crippen LogP contribution in [-0.2, 0) is 22.4 Å². The number of nitrogens with one attached hydrogen (secondary N) is 2. The fraction of sp³-hybridized carbons (Fsp3) is 0.316. The van der Waals surface area contributed by atoms with Crippen LogP contribution in [0, 0.1) is 0 Å². The van der Waals surface area contributed by atoms with Crippen LogP contribution in [0.15, 0.2) is 97.1 Å². The van der Waals surface area contributed by atoms with E-state index in [4.69, 9.17) is 18.9 Å². The Kier molecular flexibility index (Phi) is 13.2. The number of methoxy groups -OCH3 is 4. The van der Waals surface area contributed by atoms with E-state index in [1.807, 2.05) is 84.6 Å². The summed E-state index contributed by atoms with van der Waals surface area (Å²) in [5, 5.41) is 6.12. The summed E-state index contributed by atoms with van der Waals surface area (Å²) in [5.41, 5.74) is 3.11. The van der Waals surface area contributed by atoms with Gasteiger partial charge in [-0.3, -0.25) is 19.4 Å². The molecule has 10 nitrogen and oxygen atoms in total. The van der Waals surface area contributed by atoms with Crippen LogP contribution in [0.2, 0.25) is 0 Å². The van der Waals surface area contributed by atoms with Crippen molar-refractivity contribution in [3.63, 3.8) is 0 Å². The lowest BCUT2D eigenvalue weighted by molar-refractivity contribution is -0.122. The van der Waals surface area contributed by atoms with Crippen molar-refractivity contribution in [3.05, 3.63) is 108 Å². The number of amides is 2. The molecule has 48 heavy (non-hydrogen) atoms. The minimum Gasteiger partial charge on any atom is -0.497 e. The second-order valence-electron chi connectivity index (χ2n) is 11.5. The summed E-state index contributed by atoms with van der Waals surface area (Å²) in [4.78, 5) is 31.9. The first-order valence-corrected chi connectivity index (χ1v) is 15.8. The molecule has 0 saturated carbocycles. The molecule has 0 aliphatic rings. The van der Waals surface area contributed by atoms with Crippen LogP contribution < -0.4 is 29.6 Å². The van der Waals surface area contributed by atoms with Crippen LogP contribution in [-0.4, -0.2) is 89.3 Å². The van der Waals surface area contributed by atoms with Gasteiger partial charge in [0, 0.05) is 25.2 Å². The molecular weight excluding hydrogens is 608 g/mol. The van der Waals surface area contributed by atoms with Crippen LogP contribution in [0.25, 0.3) is 0 Å². The Labute approximate surface area is 283 Å². The standard InChI is InChI=1S/C38H46N4O6/c1-41(33(23-27-13-9-7-10-14-27)37(43)39-31-25-29(45-3)17-19-35(31)47-5)21-22-42(2)34(24-28-15-11-8-12-16-28)38(44)40-32-26-30(46-4)18-20-36(32)48-6/h7-20,25-26,33-34H,21-24H2,1-6H3,(H,39,43)(H,40,44)/t33-,34-/m0/s1. The fourth-order valence-electron chi connectivity index (χ4n) is 5.45. The normalized spacial score (nSPS) is 12.2. The highest BCUT2D eigenvalue weighted by Gasteiger charge is 2.28. The van der Waals surface area contributed by atoms with Gasteiger partial charge in [0.1, 0.15) is 23.0 Å². The SMILES string of the molecule is COc1ccc(OC)c(NC(=O)[C@H](Cc2ccccc2)N(C)CCN(C)[C@@H](Cc2ccccc2)C(=O)Nc2cc(OC)ccc2OC)c1. The lowest BCUT2D eigenvalue weighted by Crippen LogP contribution is -2.49. The molecule has 2 atom stereocenters. The summed E-state index contributed by atoms with van der Waals surface area (Å²) in [7, 11) is 10.1. The van der Waals surface area contributed by atoms with Gasteiger partial charge in [-0.25, -0.2) is 0 Å². The third-order valence-corrected chi connectivity index (χ3v) is 8.35. The molecule has 4 aromatic carbocycles. The van der Waals surface area contributed by atoms with E-state index in [0.717, 1.165) is 11.1 Å². The van der Waals surface area contributed by atoms with Crippen molar-refractivity contribution in [2.45, 2.75) is 24.9 Å². The zero-order chi connectivity index (χ0) is 34.5. The molecule has 0 aliphatic carbocycles. The molecule has 0 heterocycles. The number of ether oxygens (including phenoxy) is 4. The van der Waals surface area contributed by atoms with E-state index >= 15 is 0 Å². The van der Waals surface area contributed by atoms with Crippen molar-refractivity contribution in [2.75, 3.05) is 66.3 Å². The topological polar surface area (TPSA) is 102 Å². The first-order valence-electron chi connectivity index (χ1n) is 15.8. The second-order valence-corrected chi connectivity index (χ2v) is 11.5. The van der Waals surface area contributed by atoms with Gasteiger partial charge < -0.3 is 29.6 Å². The summed E-state index contributed by atoms with van der Waals surface area (Å²) in [6, 6.07) is 29.4. The van der Waals surface area contributed by atoms with Gasteiger partial charge in [0.2, 0.25) is 11.8 Å². The van der Waals surface area contributed by atoms with Gasteiger partial charge in [-0.1, -0.05) is 60.7 Å². The van der Waals surface area contributed by atoms with E-state index in [1.54, 1.807) is 64.8 Å². The lowest BCUT2D eigenvalue weighted by atomic mass is 10.0. The Morgan fingerprint density at radius 2 is 0.938 bits per heavy atom. The quantitative estimate of drug-likeness (QED) is 0.157. The monoisotopic (exact) mass is 654 g/mol. The number of anilines is 2. The number of hydrogen-bond donors (Lipinski definition) is 2. The van der Waals surface area contributed by atoms with Crippen molar-refractivity contribution in [3.8, 4) is 23.0 Å². The van der Waals surface area contributed by atoms with E-state index in [0.29, 0.717) is 60.3 Å². The number of hydrogen-bond acceptors (Lipinski definition) is 8. The number of carbonyl (C=O) groups is 2. The minimum absolute atomic E-state index is 0.181. The van der Waals surface area contributed by atoms with E-state index in [-0.39, 0.29) is 11.8 Å². The zero-order valence-corrected chi connectivity index (χ0v) is 28.6. The first kappa shape index (κ1) is 35.8. The predicted octanol–water partition coefficient (Wildman–Crippen LogP) is 5.38. The van der Waals surface area contributed by atoms with Crippen LogP contribution in [0.1, 0.15) is 11.1 Å². The van der Waals surface area contributed by atoms with Crippen LogP contribution >= 0.6 is 0 Å². The van der Waals surface area contributed by atoms with Crippen molar-refractivity contribution in [2.24, 2.45) is 0 Å². The third kappa shape index (κ3) is 9.73. The molecule has 0 saturated heterocycles. The molecule has 2 amide bonds. The summed E-state index contributed by atoms with van der Waals surface area (Å²) >= 11 is 0. The number of likely N-dealkylation sites (N-methyl/N-ethyl adjacent to an activating group) is 2. The number of carbonyl (C=O) groups excluding carboxylic acids is 2. The van der Waals surface area contributed by atoms with Gasteiger partial charge in [-0.05, 0) is 62.3 Å². The highest BCUT2D eigenvalue weighted by molar-refractivity contribution is 5.97. The summed E-state index contributed by atoms with van der Waals surface area (Å²) in [6.07, 6.45) is 0.978. The van der Waals surface area contributed by atoms with Gasteiger partial charge in [-0.2, -0.15) is 0 Å². The Morgan fingerprint density at radius 1 is 0.562 bits per heavy atom. The fourth-order valence-corrected chi connectivity index (χ4v) is 5.45. The van der Waals surface area contributed by atoms with E-state index < -0.39 is 12.1 Å². The molecule has 0 spiro atoms. The first-order chi connectivity index (χ1) is 23.3. The van der Waals surface area contributed by atoms with Crippen molar-refractivity contribution in [1.29, 1.82) is 0 Å². The summed E-state index contributed by atoms with van der Waals surface area (Å²) in [5.74, 6) is 1.92. The van der Waals surface area contributed by atoms with Crippen LogP contribution in [0.4, 0.5) is 11.4 Å². The smallest absolute Gasteiger partial charge is 0.242 e. The van der Waals surface area contributed by atoms with E-state index in [2.05, 4.69) is 10.6 Å². The largest absolute Gasteiger partial charge is 0.497 e. The highest BCUT2D eigenvalue weighted by atomic mass is 16.5. The predicted molar refractivity (Wildman–Crippen MR) is 189 cm³/mol. The van der Waals surface area contributed by atoms with Gasteiger partial charge in [0.05, 0.1) is 51.9 Å². The Morgan fingerprint density at radius 3 is 1.27 bits per heavy atom. The molecule has 0 aliphatic heterocycles. The van der Waals surface area contributed by atoms with Crippen molar-refractivity contribution < 1.29 is 28.5 Å². The summed E-state index contributed by atoms with van der Waals surface area (Å²) < 4.78 is 21.8. The zero-order valence-electron chi connectivity index (χ0n) is 28.6. The number of rotatable bonds is 17. The molecule has 2 N–H and O–H groups in total. The van der Waals surface area contributed by atoms with Crippen molar-refractivity contribution >= 4 is 23.2 Å². The average Bonchev–Trinajstić information content (AvgIpc) is 3.12. The van der Waals surface area contributed by atoms with Crippen molar-refractivity contribution in [1.82, 2.24) is 9.80 Å². The Balaban J connectivity index is 1.54. The maximum Gasteiger partial charge on any atom is 0.242 e. The maximum absolute atomic E-state index is 13.9. The third-order valence-electron chi connectivity index (χ3n) is 8.35. The van der Waals surface area contributed by atoms with Gasteiger partial charge in [0.25, 0.3) is 0 Å². The molecule has 0 fully saturated rings. The Bertz CT molecular complexity index is 1500. The molecule has 0 aromatic heterocycles. The van der Waals surface area contributed by atoms with E-state index in [9.17, 15) is 9.59 Å². The van der Waals surface area contributed by atoms with Crippen LogP contribution in [0.3, 0.4) is 0 Å². The second kappa shape index (κ2) is 17.7. The molecule has 0 bridgehead atoms. The van der Waals surface area contributed by atoms with Gasteiger partial charge in [-0.15, -0.1) is 0 Å². The van der Waals surface area contributed by atoms with Gasteiger partial charge >= 0.3 is 0 Å². The molecule has 4 aromatic rings. The molecular formula is C38H46N4O6. The number of benzene rings is 4.